The van der Waals surface area contributed by atoms with Crippen molar-refractivity contribution in [2.75, 3.05) is 27.4 Å². The largest absolute Gasteiger partial charge is 0.497 e. The van der Waals surface area contributed by atoms with Crippen LogP contribution in [0.4, 0.5) is 4.79 Å². The number of hydrogen-bond acceptors (Lipinski definition) is 5. The molecule has 3 aromatic rings. The molecule has 2 heterocycles. The highest BCUT2D eigenvalue weighted by molar-refractivity contribution is 6.07. The normalized spacial score (nSPS) is 22.1. The third-order valence-electron chi connectivity index (χ3n) is 7.24. The minimum absolute atomic E-state index is 0.0106. The molecule has 1 N–H and O–H groups in total. The lowest BCUT2D eigenvalue weighted by Crippen LogP contribution is -2.47. The Morgan fingerprint density at radius 3 is 2.36 bits per heavy atom. The van der Waals surface area contributed by atoms with Gasteiger partial charge in [0.05, 0.1) is 20.9 Å². The fraction of sp³-hybridized carbons (Fsp3) is 0.310. The predicted molar refractivity (Wildman–Crippen MR) is 137 cm³/mol. The molecule has 0 saturated carbocycles. The molecule has 7 heteroatoms. The fourth-order valence-corrected chi connectivity index (χ4v) is 5.43. The second-order valence-corrected chi connectivity index (χ2v) is 9.32. The van der Waals surface area contributed by atoms with E-state index in [1.807, 2.05) is 78.9 Å². The lowest BCUT2D eigenvalue weighted by atomic mass is 9.83. The predicted octanol–water partition coefficient (Wildman–Crippen LogP) is 4.49. The molecule has 2 aliphatic heterocycles. The topological polar surface area (TPSA) is 71.1 Å². The second-order valence-electron chi connectivity index (χ2n) is 9.32. The Kier molecular flexibility index (Phi) is 6.65. The van der Waals surface area contributed by atoms with Gasteiger partial charge in [-0.1, -0.05) is 60.7 Å². The van der Waals surface area contributed by atoms with Crippen molar-refractivity contribution in [2.24, 2.45) is 0 Å². The maximum absolute atomic E-state index is 14.1. The molecule has 2 fully saturated rings. The summed E-state index contributed by atoms with van der Waals surface area (Å²) in [7, 11) is 3.29. The number of amides is 3. The van der Waals surface area contributed by atoms with E-state index in [9.17, 15) is 9.59 Å². The standard InChI is InChI=1S/C29H31N3O4/c1-35-23-15-16-26(36-2)24(18-23)25-14-9-17-31(25)20-32-27(33)29(30-28(32)34,22-12-7-4-8-13-22)19-21-10-5-3-6-11-21/h3-8,10-13,15-16,18,25H,9,14,17,19-20H2,1-2H3,(H,30,34). The molecule has 36 heavy (non-hydrogen) atoms. The molecule has 2 atom stereocenters. The summed E-state index contributed by atoms with van der Waals surface area (Å²) in [6.45, 7) is 0.984. The van der Waals surface area contributed by atoms with Crippen LogP contribution in [0.5, 0.6) is 11.5 Å². The molecule has 0 aromatic heterocycles. The zero-order valence-corrected chi connectivity index (χ0v) is 20.6. The summed E-state index contributed by atoms with van der Waals surface area (Å²) in [5.74, 6) is 1.29. The maximum Gasteiger partial charge on any atom is 0.326 e. The lowest BCUT2D eigenvalue weighted by Gasteiger charge is -2.31. The Labute approximate surface area is 211 Å². The Bertz CT molecular complexity index is 1230. The van der Waals surface area contributed by atoms with Crippen LogP contribution in [0.1, 0.15) is 35.6 Å². The summed E-state index contributed by atoms with van der Waals surface area (Å²) in [4.78, 5) is 31.0. The van der Waals surface area contributed by atoms with Crippen LogP contribution >= 0.6 is 0 Å². The number of hydrogen-bond donors (Lipinski definition) is 1. The summed E-state index contributed by atoms with van der Waals surface area (Å²) in [5, 5.41) is 3.07. The van der Waals surface area contributed by atoms with Gasteiger partial charge in [0.1, 0.15) is 11.5 Å². The van der Waals surface area contributed by atoms with Gasteiger partial charge in [0, 0.05) is 24.6 Å². The van der Waals surface area contributed by atoms with Crippen molar-refractivity contribution < 1.29 is 19.1 Å². The molecule has 2 saturated heterocycles. The monoisotopic (exact) mass is 485 g/mol. The van der Waals surface area contributed by atoms with Gasteiger partial charge >= 0.3 is 6.03 Å². The summed E-state index contributed by atoms with van der Waals surface area (Å²) in [5.41, 5.74) is 1.61. The van der Waals surface area contributed by atoms with E-state index in [0.717, 1.165) is 47.6 Å². The molecule has 0 radical (unpaired) electrons. The fourth-order valence-electron chi connectivity index (χ4n) is 5.43. The van der Waals surface area contributed by atoms with Gasteiger partial charge in [-0.2, -0.15) is 0 Å². The molecule has 0 bridgehead atoms. The van der Waals surface area contributed by atoms with Gasteiger partial charge in [-0.3, -0.25) is 9.69 Å². The summed E-state index contributed by atoms with van der Waals surface area (Å²) in [6, 6.07) is 24.7. The smallest absolute Gasteiger partial charge is 0.326 e. The minimum atomic E-state index is -1.15. The SMILES string of the molecule is COc1ccc(OC)c(C2CCCN2CN2C(=O)NC(Cc3ccccc3)(c3ccccc3)C2=O)c1. The molecule has 186 valence electrons. The van der Waals surface area contributed by atoms with Gasteiger partial charge in [0.2, 0.25) is 0 Å². The van der Waals surface area contributed by atoms with E-state index in [1.165, 1.54) is 4.90 Å². The third-order valence-corrected chi connectivity index (χ3v) is 7.24. The lowest BCUT2D eigenvalue weighted by molar-refractivity contribution is -0.133. The van der Waals surface area contributed by atoms with Crippen molar-refractivity contribution in [3.8, 4) is 11.5 Å². The highest BCUT2D eigenvalue weighted by Crippen LogP contribution is 2.40. The molecular formula is C29H31N3O4. The highest BCUT2D eigenvalue weighted by Gasteiger charge is 2.53. The zero-order chi connectivity index (χ0) is 25.1. The minimum Gasteiger partial charge on any atom is -0.497 e. The van der Waals surface area contributed by atoms with Crippen molar-refractivity contribution in [3.05, 3.63) is 95.6 Å². The van der Waals surface area contributed by atoms with Crippen LogP contribution in [0.2, 0.25) is 0 Å². The van der Waals surface area contributed by atoms with E-state index in [1.54, 1.807) is 14.2 Å². The van der Waals surface area contributed by atoms with Crippen molar-refractivity contribution in [2.45, 2.75) is 30.8 Å². The Hall–Kier alpha value is -3.84. The van der Waals surface area contributed by atoms with Crippen molar-refractivity contribution in [1.29, 1.82) is 0 Å². The van der Waals surface area contributed by atoms with Crippen molar-refractivity contribution in [3.63, 3.8) is 0 Å². The summed E-state index contributed by atoms with van der Waals surface area (Å²) < 4.78 is 11.1. The van der Waals surface area contributed by atoms with Gasteiger partial charge in [0.15, 0.2) is 5.54 Å². The average Bonchev–Trinajstić information content (AvgIpc) is 3.48. The number of methoxy groups -OCH3 is 2. The Morgan fingerprint density at radius 1 is 0.944 bits per heavy atom. The van der Waals surface area contributed by atoms with Crippen LogP contribution in [0, 0.1) is 0 Å². The number of carbonyl (C=O) groups excluding carboxylic acids is 2. The summed E-state index contributed by atoms with van der Waals surface area (Å²) >= 11 is 0. The van der Waals surface area contributed by atoms with Crippen LogP contribution in [0.25, 0.3) is 0 Å². The van der Waals surface area contributed by atoms with E-state index in [-0.39, 0.29) is 24.6 Å². The molecule has 3 amide bonds. The van der Waals surface area contributed by atoms with Gasteiger partial charge in [-0.15, -0.1) is 0 Å². The van der Waals surface area contributed by atoms with Gasteiger partial charge in [0.25, 0.3) is 5.91 Å². The van der Waals surface area contributed by atoms with Crippen LogP contribution < -0.4 is 14.8 Å². The Balaban J connectivity index is 1.45. The highest BCUT2D eigenvalue weighted by atomic mass is 16.5. The van der Waals surface area contributed by atoms with E-state index in [0.29, 0.717) is 6.42 Å². The number of nitrogens with one attached hydrogen (secondary N) is 1. The molecular weight excluding hydrogens is 454 g/mol. The van der Waals surface area contributed by atoms with Crippen LogP contribution in [-0.2, 0) is 16.8 Å². The molecule has 3 aromatic carbocycles. The molecule has 5 rings (SSSR count). The quantitative estimate of drug-likeness (QED) is 0.476. The van der Waals surface area contributed by atoms with E-state index in [2.05, 4.69) is 10.2 Å². The maximum atomic E-state index is 14.1. The number of rotatable bonds is 8. The molecule has 2 aliphatic rings. The number of ether oxygens (including phenoxy) is 2. The first kappa shape index (κ1) is 23.9. The summed E-state index contributed by atoms with van der Waals surface area (Å²) in [6.07, 6.45) is 2.25. The first-order valence-corrected chi connectivity index (χ1v) is 12.3. The number of likely N-dealkylation sites (tertiary alicyclic amines) is 1. The van der Waals surface area contributed by atoms with Gasteiger partial charge in [-0.25, -0.2) is 9.69 Å². The van der Waals surface area contributed by atoms with Crippen LogP contribution in [0.15, 0.2) is 78.9 Å². The number of urea groups is 1. The zero-order valence-electron chi connectivity index (χ0n) is 20.6. The molecule has 2 unspecified atom stereocenters. The first-order chi connectivity index (χ1) is 17.6. The van der Waals surface area contributed by atoms with Gasteiger partial charge in [-0.05, 0) is 42.2 Å². The van der Waals surface area contributed by atoms with E-state index >= 15 is 0 Å². The van der Waals surface area contributed by atoms with Crippen LogP contribution in [0.3, 0.4) is 0 Å². The van der Waals surface area contributed by atoms with E-state index < -0.39 is 5.54 Å². The van der Waals surface area contributed by atoms with Crippen LogP contribution in [-0.4, -0.2) is 49.2 Å². The van der Waals surface area contributed by atoms with Crippen molar-refractivity contribution >= 4 is 11.9 Å². The molecule has 0 spiro atoms. The second kappa shape index (κ2) is 10.0. The number of benzene rings is 3. The van der Waals surface area contributed by atoms with Crippen molar-refractivity contribution in [1.82, 2.24) is 15.1 Å². The number of imide groups is 1. The number of carbonyl (C=O) groups is 2. The van der Waals surface area contributed by atoms with E-state index in [4.69, 9.17) is 9.47 Å². The average molecular weight is 486 g/mol. The van der Waals surface area contributed by atoms with Gasteiger partial charge < -0.3 is 14.8 Å². The Morgan fingerprint density at radius 2 is 1.67 bits per heavy atom. The molecule has 0 aliphatic carbocycles. The molecule has 7 nitrogen and oxygen atoms in total. The first-order valence-electron chi connectivity index (χ1n) is 12.3. The third kappa shape index (κ3) is 4.31. The number of nitrogens with zero attached hydrogens (tertiary/aromatic N) is 2.